The van der Waals surface area contributed by atoms with Crippen LogP contribution in [0.2, 0.25) is 5.02 Å². The largest absolute Gasteiger partial charge is 0.495 e. The van der Waals surface area contributed by atoms with E-state index in [1.165, 1.54) is 31.2 Å². The monoisotopic (exact) mass is 557 g/mol. The smallest absolute Gasteiger partial charge is 0.244 e. The van der Waals surface area contributed by atoms with Gasteiger partial charge in [0.05, 0.1) is 19.1 Å². The van der Waals surface area contributed by atoms with Gasteiger partial charge in [-0.15, -0.1) is 0 Å². The first-order chi connectivity index (χ1) is 18.0. The molecule has 1 atom stereocenters. The number of nitrogens with zero attached hydrogens (tertiary/aromatic N) is 2. The molecule has 0 aliphatic heterocycles. The number of hydrogen-bond donors (Lipinski definition) is 1. The second kappa shape index (κ2) is 12.8. The topological polar surface area (TPSA) is 96.0 Å². The number of halogens is 1. The second-order valence-corrected chi connectivity index (χ2v) is 11.3. The summed E-state index contributed by atoms with van der Waals surface area (Å²) >= 11 is 6.16. The van der Waals surface area contributed by atoms with Crippen LogP contribution in [0.4, 0.5) is 5.69 Å². The van der Waals surface area contributed by atoms with Crippen molar-refractivity contribution < 1.29 is 22.7 Å². The van der Waals surface area contributed by atoms with Crippen molar-refractivity contribution in [2.45, 2.75) is 25.9 Å². The highest BCUT2D eigenvalue weighted by atomic mass is 35.5. The van der Waals surface area contributed by atoms with Crippen molar-refractivity contribution in [2.24, 2.45) is 0 Å². The lowest BCUT2D eigenvalue weighted by Crippen LogP contribution is -2.52. The van der Waals surface area contributed by atoms with Crippen molar-refractivity contribution in [1.82, 2.24) is 10.2 Å². The van der Waals surface area contributed by atoms with Gasteiger partial charge in [0.25, 0.3) is 0 Å². The number of sulfonamides is 1. The number of aryl methyl sites for hydroxylation is 1. The maximum Gasteiger partial charge on any atom is 0.244 e. The molecular formula is C28H32ClN3O5S. The fourth-order valence-corrected chi connectivity index (χ4v) is 5.07. The number of amides is 2. The average Bonchev–Trinajstić information content (AvgIpc) is 2.89. The number of ether oxygens (including phenoxy) is 1. The molecule has 38 heavy (non-hydrogen) atoms. The van der Waals surface area contributed by atoms with Crippen molar-refractivity contribution in [2.75, 3.05) is 31.3 Å². The standard InChI is InChI=1S/C28H32ClN3O5S/c1-20-10-12-22(13-11-20)18-31(25(28(34)30-2)16-21-8-6-5-7-9-21)27(33)19-32(38(4,35)36)24-17-23(29)14-15-26(24)37-3/h5-15,17,25H,16,18-19H2,1-4H3,(H,30,34)/t25-/m0/s1. The molecule has 1 N–H and O–H groups in total. The SMILES string of the molecule is CNC(=O)[C@H](Cc1ccccc1)N(Cc1ccc(C)cc1)C(=O)CN(c1cc(Cl)ccc1OC)S(C)(=O)=O. The minimum atomic E-state index is -3.94. The zero-order valence-corrected chi connectivity index (χ0v) is 23.4. The number of anilines is 1. The lowest BCUT2D eigenvalue weighted by molar-refractivity contribution is -0.139. The Hall–Kier alpha value is -3.56. The van der Waals surface area contributed by atoms with Crippen LogP contribution in [0.25, 0.3) is 0 Å². The molecule has 3 rings (SSSR count). The minimum Gasteiger partial charge on any atom is -0.495 e. The lowest BCUT2D eigenvalue weighted by Gasteiger charge is -2.33. The van der Waals surface area contributed by atoms with Crippen LogP contribution in [0.1, 0.15) is 16.7 Å². The van der Waals surface area contributed by atoms with Gasteiger partial charge < -0.3 is 15.0 Å². The van der Waals surface area contributed by atoms with E-state index in [1.54, 1.807) is 6.07 Å². The van der Waals surface area contributed by atoms with Crippen LogP contribution in [-0.4, -0.2) is 58.1 Å². The van der Waals surface area contributed by atoms with Gasteiger partial charge in [-0.05, 0) is 36.2 Å². The molecule has 0 bridgehead atoms. The fraction of sp³-hybridized carbons (Fsp3) is 0.286. The first kappa shape index (κ1) is 29.0. The summed E-state index contributed by atoms with van der Waals surface area (Å²) in [4.78, 5) is 28.5. The lowest BCUT2D eigenvalue weighted by atomic mass is 10.0. The van der Waals surface area contributed by atoms with Crippen molar-refractivity contribution in [3.63, 3.8) is 0 Å². The van der Waals surface area contributed by atoms with E-state index in [-0.39, 0.29) is 35.3 Å². The number of nitrogens with one attached hydrogen (secondary N) is 1. The van der Waals surface area contributed by atoms with Gasteiger partial charge in [-0.2, -0.15) is 0 Å². The third kappa shape index (κ3) is 7.49. The summed E-state index contributed by atoms with van der Waals surface area (Å²) in [6, 6.07) is 20.6. The van der Waals surface area contributed by atoms with Crippen LogP contribution in [0.3, 0.4) is 0 Å². The average molecular weight is 558 g/mol. The van der Waals surface area contributed by atoms with E-state index in [2.05, 4.69) is 5.32 Å². The summed E-state index contributed by atoms with van der Waals surface area (Å²) < 4.78 is 32.1. The Bertz CT molecular complexity index is 1360. The van der Waals surface area contributed by atoms with Gasteiger partial charge in [0, 0.05) is 25.0 Å². The predicted octanol–water partition coefficient (Wildman–Crippen LogP) is 3.81. The Morgan fingerprint density at radius 2 is 1.66 bits per heavy atom. The van der Waals surface area contributed by atoms with Crippen LogP contribution in [0.5, 0.6) is 5.75 Å². The number of likely N-dealkylation sites (N-methyl/N-ethyl adjacent to an activating group) is 1. The highest BCUT2D eigenvalue weighted by Crippen LogP contribution is 2.33. The number of hydrogen-bond acceptors (Lipinski definition) is 5. The summed E-state index contributed by atoms with van der Waals surface area (Å²) in [6.45, 7) is 1.51. The van der Waals surface area contributed by atoms with Gasteiger partial charge in [-0.25, -0.2) is 8.42 Å². The van der Waals surface area contributed by atoms with Gasteiger partial charge in [-0.3, -0.25) is 13.9 Å². The van der Waals surface area contributed by atoms with Gasteiger partial charge in [-0.1, -0.05) is 71.8 Å². The summed E-state index contributed by atoms with van der Waals surface area (Å²) in [5.41, 5.74) is 2.84. The number of carbonyl (C=O) groups excluding carboxylic acids is 2. The molecule has 0 aliphatic rings. The molecule has 3 aromatic carbocycles. The van der Waals surface area contributed by atoms with Crippen LogP contribution in [0, 0.1) is 6.92 Å². The van der Waals surface area contributed by atoms with Crippen molar-refractivity contribution in [3.05, 3.63) is 94.5 Å². The zero-order valence-electron chi connectivity index (χ0n) is 21.8. The first-order valence-electron chi connectivity index (χ1n) is 11.9. The van der Waals surface area contributed by atoms with Crippen LogP contribution >= 0.6 is 11.6 Å². The third-order valence-corrected chi connectivity index (χ3v) is 7.44. The number of rotatable bonds is 11. The van der Waals surface area contributed by atoms with E-state index in [4.69, 9.17) is 16.3 Å². The molecule has 10 heteroatoms. The van der Waals surface area contributed by atoms with Crippen molar-refractivity contribution in [1.29, 1.82) is 0 Å². The highest BCUT2D eigenvalue weighted by molar-refractivity contribution is 7.92. The quantitative estimate of drug-likeness (QED) is 0.387. The Balaban J connectivity index is 2.06. The molecule has 202 valence electrons. The van der Waals surface area contributed by atoms with Gasteiger partial charge >= 0.3 is 0 Å². The molecule has 0 aromatic heterocycles. The van der Waals surface area contributed by atoms with Crippen LogP contribution < -0.4 is 14.4 Å². The molecule has 3 aromatic rings. The molecule has 0 unspecified atom stereocenters. The molecule has 0 aliphatic carbocycles. The van der Waals surface area contributed by atoms with E-state index in [0.29, 0.717) is 0 Å². The van der Waals surface area contributed by atoms with Crippen LogP contribution in [0.15, 0.2) is 72.8 Å². The maximum absolute atomic E-state index is 13.9. The van der Waals surface area contributed by atoms with Gasteiger partial charge in [0.1, 0.15) is 18.3 Å². The molecule has 0 fully saturated rings. The Kier molecular flexibility index (Phi) is 9.77. The Labute approximate surface area is 229 Å². The van der Waals surface area contributed by atoms with Crippen molar-refractivity contribution >= 4 is 39.1 Å². The number of benzene rings is 3. The Morgan fingerprint density at radius 1 is 1.00 bits per heavy atom. The molecule has 0 heterocycles. The maximum atomic E-state index is 13.9. The van der Waals surface area contributed by atoms with Crippen LogP contribution in [-0.2, 0) is 32.6 Å². The third-order valence-electron chi connectivity index (χ3n) is 6.08. The second-order valence-electron chi connectivity index (χ2n) is 8.91. The predicted molar refractivity (Wildman–Crippen MR) is 150 cm³/mol. The summed E-state index contributed by atoms with van der Waals surface area (Å²) in [7, 11) is -1.03. The number of methoxy groups -OCH3 is 1. The molecular weight excluding hydrogens is 526 g/mol. The van der Waals surface area contributed by atoms with E-state index >= 15 is 0 Å². The minimum absolute atomic E-state index is 0.105. The normalized spacial score (nSPS) is 11.9. The van der Waals surface area contributed by atoms with Crippen molar-refractivity contribution in [3.8, 4) is 5.75 Å². The fourth-order valence-electron chi connectivity index (χ4n) is 4.06. The van der Waals surface area contributed by atoms with E-state index < -0.39 is 28.5 Å². The molecule has 0 saturated carbocycles. The molecule has 0 spiro atoms. The van der Waals surface area contributed by atoms with E-state index in [9.17, 15) is 18.0 Å². The zero-order chi connectivity index (χ0) is 27.9. The number of carbonyl (C=O) groups is 2. The molecule has 0 saturated heterocycles. The summed E-state index contributed by atoms with van der Waals surface area (Å²) in [5.74, 6) is -0.673. The molecule has 8 nitrogen and oxygen atoms in total. The highest BCUT2D eigenvalue weighted by Gasteiger charge is 2.33. The first-order valence-corrected chi connectivity index (χ1v) is 14.2. The van der Waals surface area contributed by atoms with Gasteiger partial charge in [0.2, 0.25) is 21.8 Å². The van der Waals surface area contributed by atoms with E-state index in [1.807, 2.05) is 61.5 Å². The summed E-state index contributed by atoms with van der Waals surface area (Å²) in [6.07, 6.45) is 1.25. The molecule has 2 amide bonds. The molecule has 0 radical (unpaired) electrons. The van der Waals surface area contributed by atoms with Gasteiger partial charge in [0.15, 0.2) is 0 Å². The van der Waals surface area contributed by atoms with E-state index in [0.717, 1.165) is 27.3 Å². The Morgan fingerprint density at radius 3 is 2.24 bits per heavy atom. The summed E-state index contributed by atoms with van der Waals surface area (Å²) in [5, 5.41) is 2.94.